The number of nitrogens with two attached hydrogens (primary N) is 1. The number of nitrogens with zero attached hydrogens (tertiary/aromatic N) is 1. The molecule has 0 saturated carbocycles. The molecule has 0 aliphatic rings. The van der Waals surface area contributed by atoms with Gasteiger partial charge in [-0.05, 0) is 42.0 Å². The Morgan fingerprint density at radius 3 is 2.35 bits per heavy atom. The van der Waals surface area contributed by atoms with Gasteiger partial charge in [0, 0.05) is 19.7 Å². The fourth-order valence-electron chi connectivity index (χ4n) is 1.89. The van der Waals surface area contributed by atoms with Gasteiger partial charge in [-0.25, -0.2) is 12.7 Å². The SMILES string of the molecule is CN(C)S(=O)(=O)c1cccc(COc2ccc(C(N)=O)cc2)c1. The van der Waals surface area contributed by atoms with Gasteiger partial charge in [0.25, 0.3) is 0 Å². The summed E-state index contributed by atoms with van der Waals surface area (Å²) in [6, 6.07) is 13.0. The minimum atomic E-state index is -3.47. The number of carbonyl (C=O) groups is 1. The predicted octanol–water partition coefficient (Wildman–Crippen LogP) is 1.61. The van der Waals surface area contributed by atoms with Crippen LogP contribution in [0.25, 0.3) is 0 Å². The van der Waals surface area contributed by atoms with Crippen LogP contribution in [0.2, 0.25) is 0 Å². The Bertz CT molecular complexity index is 799. The van der Waals surface area contributed by atoms with E-state index in [2.05, 4.69) is 0 Å². The fraction of sp³-hybridized carbons (Fsp3) is 0.188. The molecule has 0 aliphatic heterocycles. The number of hydrogen-bond acceptors (Lipinski definition) is 4. The van der Waals surface area contributed by atoms with Crippen LogP contribution in [-0.4, -0.2) is 32.7 Å². The molecule has 0 fully saturated rings. The number of ether oxygens (including phenoxy) is 1. The summed E-state index contributed by atoms with van der Waals surface area (Å²) in [5.74, 6) is 0.0639. The standard InChI is InChI=1S/C16H18N2O4S/c1-18(2)23(20,21)15-5-3-4-12(10-15)11-22-14-8-6-13(7-9-14)16(17)19/h3-10H,11H2,1-2H3,(H2,17,19). The van der Waals surface area contributed by atoms with Gasteiger partial charge in [-0.3, -0.25) is 4.79 Å². The molecule has 6 nitrogen and oxygen atoms in total. The average molecular weight is 334 g/mol. The molecule has 23 heavy (non-hydrogen) atoms. The van der Waals surface area contributed by atoms with Gasteiger partial charge in [0.15, 0.2) is 0 Å². The van der Waals surface area contributed by atoms with Gasteiger partial charge in [-0.1, -0.05) is 12.1 Å². The van der Waals surface area contributed by atoms with Crippen molar-refractivity contribution in [2.24, 2.45) is 5.73 Å². The van der Waals surface area contributed by atoms with E-state index in [-0.39, 0.29) is 11.5 Å². The Kier molecular flexibility index (Phi) is 5.02. The monoisotopic (exact) mass is 334 g/mol. The molecule has 2 N–H and O–H groups in total. The zero-order valence-corrected chi connectivity index (χ0v) is 13.7. The van der Waals surface area contributed by atoms with E-state index >= 15 is 0 Å². The number of rotatable bonds is 6. The first kappa shape index (κ1) is 17.0. The van der Waals surface area contributed by atoms with E-state index in [1.165, 1.54) is 14.1 Å². The van der Waals surface area contributed by atoms with Gasteiger partial charge in [0.1, 0.15) is 12.4 Å². The number of carbonyl (C=O) groups excluding carboxylic acids is 1. The Morgan fingerprint density at radius 2 is 1.78 bits per heavy atom. The zero-order chi connectivity index (χ0) is 17.0. The summed E-state index contributed by atoms with van der Waals surface area (Å²) in [7, 11) is -0.501. The van der Waals surface area contributed by atoms with Gasteiger partial charge < -0.3 is 10.5 Å². The van der Waals surface area contributed by atoms with Crippen molar-refractivity contribution >= 4 is 15.9 Å². The predicted molar refractivity (Wildman–Crippen MR) is 86.6 cm³/mol. The van der Waals surface area contributed by atoms with Crippen LogP contribution in [0, 0.1) is 0 Å². The molecule has 122 valence electrons. The summed E-state index contributed by atoms with van der Waals surface area (Å²) in [4.78, 5) is 11.2. The van der Waals surface area contributed by atoms with Crippen molar-refractivity contribution in [1.29, 1.82) is 0 Å². The maximum absolute atomic E-state index is 12.1. The number of hydrogen-bond donors (Lipinski definition) is 1. The molecule has 2 aromatic rings. The molecule has 2 aromatic carbocycles. The van der Waals surface area contributed by atoms with Crippen LogP contribution in [0.3, 0.4) is 0 Å². The summed E-state index contributed by atoms with van der Waals surface area (Å²) in [5, 5.41) is 0. The third kappa shape index (κ3) is 4.08. The van der Waals surface area contributed by atoms with Crippen LogP contribution in [0.15, 0.2) is 53.4 Å². The first-order valence-electron chi connectivity index (χ1n) is 6.85. The molecular formula is C16H18N2O4S. The Balaban J connectivity index is 2.11. The van der Waals surface area contributed by atoms with Crippen LogP contribution in [-0.2, 0) is 16.6 Å². The molecule has 0 spiro atoms. The molecule has 0 radical (unpaired) electrons. The van der Waals surface area contributed by atoms with Crippen LogP contribution in [0.4, 0.5) is 0 Å². The summed E-state index contributed by atoms with van der Waals surface area (Å²) in [6.07, 6.45) is 0. The maximum Gasteiger partial charge on any atom is 0.248 e. The highest BCUT2D eigenvalue weighted by Crippen LogP contribution is 2.17. The van der Waals surface area contributed by atoms with Crippen molar-refractivity contribution in [2.45, 2.75) is 11.5 Å². The van der Waals surface area contributed by atoms with Crippen LogP contribution >= 0.6 is 0 Å². The lowest BCUT2D eigenvalue weighted by Crippen LogP contribution is -2.22. The molecule has 0 aromatic heterocycles. The van der Waals surface area contributed by atoms with Gasteiger partial charge in [0.05, 0.1) is 4.90 Å². The smallest absolute Gasteiger partial charge is 0.248 e. The van der Waals surface area contributed by atoms with Crippen LogP contribution in [0.1, 0.15) is 15.9 Å². The molecule has 0 saturated heterocycles. The topological polar surface area (TPSA) is 89.7 Å². The Hall–Kier alpha value is -2.38. The quantitative estimate of drug-likeness (QED) is 0.869. The fourth-order valence-corrected chi connectivity index (χ4v) is 2.86. The molecule has 0 atom stereocenters. The first-order valence-corrected chi connectivity index (χ1v) is 8.29. The summed E-state index contributed by atoms with van der Waals surface area (Å²) >= 11 is 0. The Morgan fingerprint density at radius 1 is 1.13 bits per heavy atom. The molecule has 0 aliphatic carbocycles. The molecule has 2 rings (SSSR count). The minimum Gasteiger partial charge on any atom is -0.489 e. The highest BCUT2D eigenvalue weighted by Gasteiger charge is 2.17. The van der Waals surface area contributed by atoms with E-state index < -0.39 is 15.9 Å². The maximum atomic E-state index is 12.1. The molecule has 7 heteroatoms. The van der Waals surface area contributed by atoms with Gasteiger partial charge in [0.2, 0.25) is 15.9 Å². The van der Waals surface area contributed by atoms with Crippen molar-refractivity contribution in [3.63, 3.8) is 0 Å². The lowest BCUT2D eigenvalue weighted by atomic mass is 10.2. The summed E-state index contributed by atoms with van der Waals surface area (Å²) < 4.78 is 31.0. The zero-order valence-electron chi connectivity index (χ0n) is 12.9. The van der Waals surface area contributed by atoms with Crippen molar-refractivity contribution in [3.05, 3.63) is 59.7 Å². The van der Waals surface area contributed by atoms with E-state index in [4.69, 9.17) is 10.5 Å². The normalized spacial score (nSPS) is 11.4. The number of primary amides is 1. The minimum absolute atomic E-state index is 0.215. The number of benzene rings is 2. The van der Waals surface area contributed by atoms with Gasteiger partial charge >= 0.3 is 0 Å². The van der Waals surface area contributed by atoms with Gasteiger partial charge in [-0.15, -0.1) is 0 Å². The van der Waals surface area contributed by atoms with Crippen molar-refractivity contribution in [2.75, 3.05) is 14.1 Å². The summed E-state index contributed by atoms with van der Waals surface area (Å²) in [5.41, 5.74) is 6.30. The third-order valence-electron chi connectivity index (χ3n) is 3.22. The average Bonchev–Trinajstić information content (AvgIpc) is 2.53. The third-order valence-corrected chi connectivity index (χ3v) is 5.03. The number of sulfonamides is 1. The molecular weight excluding hydrogens is 316 g/mol. The van der Waals surface area contributed by atoms with Crippen molar-refractivity contribution < 1.29 is 17.9 Å². The van der Waals surface area contributed by atoms with E-state index in [9.17, 15) is 13.2 Å². The lowest BCUT2D eigenvalue weighted by molar-refractivity contribution is 0.1000. The van der Waals surface area contributed by atoms with E-state index in [0.717, 1.165) is 9.87 Å². The molecule has 0 unspecified atom stereocenters. The number of amides is 1. The van der Waals surface area contributed by atoms with Crippen molar-refractivity contribution in [1.82, 2.24) is 4.31 Å². The molecule has 1 amide bonds. The van der Waals surface area contributed by atoms with Gasteiger partial charge in [-0.2, -0.15) is 0 Å². The second kappa shape index (κ2) is 6.80. The summed E-state index contributed by atoms with van der Waals surface area (Å²) in [6.45, 7) is 0.215. The Labute approximate surface area is 135 Å². The molecule has 0 bridgehead atoms. The first-order chi connectivity index (χ1) is 10.8. The van der Waals surface area contributed by atoms with Crippen molar-refractivity contribution in [3.8, 4) is 5.75 Å². The highest BCUT2D eigenvalue weighted by molar-refractivity contribution is 7.89. The lowest BCUT2D eigenvalue weighted by Gasteiger charge is -2.12. The van der Waals surface area contributed by atoms with E-state index in [1.807, 2.05) is 0 Å². The van der Waals surface area contributed by atoms with Crippen LogP contribution in [0.5, 0.6) is 5.75 Å². The van der Waals surface area contributed by atoms with E-state index in [1.54, 1.807) is 48.5 Å². The van der Waals surface area contributed by atoms with E-state index in [0.29, 0.717) is 11.3 Å². The highest BCUT2D eigenvalue weighted by atomic mass is 32.2. The van der Waals surface area contributed by atoms with Crippen LogP contribution < -0.4 is 10.5 Å². The molecule has 0 heterocycles. The largest absolute Gasteiger partial charge is 0.489 e. The second-order valence-corrected chi connectivity index (χ2v) is 7.26. The second-order valence-electron chi connectivity index (χ2n) is 5.11.